The van der Waals surface area contributed by atoms with Gasteiger partial charge in [-0.15, -0.1) is 11.3 Å². The van der Waals surface area contributed by atoms with Gasteiger partial charge in [0.25, 0.3) is 0 Å². The molecule has 0 aromatic carbocycles. The standard InChI is InChI=1S/C13H18N2OS/c1-15-10-2-3-11(15)7-9(6-10)12(16)8-13-14-4-5-17-13/h4-5,9-11H,2-3,6-8H2,1H3. The molecule has 3 rings (SSSR count). The maximum atomic E-state index is 12.2. The van der Waals surface area contributed by atoms with Crippen molar-refractivity contribution in [1.82, 2.24) is 9.88 Å². The first-order valence-electron chi connectivity index (χ1n) is 6.37. The van der Waals surface area contributed by atoms with Crippen molar-refractivity contribution >= 4 is 17.1 Å². The summed E-state index contributed by atoms with van der Waals surface area (Å²) in [6, 6.07) is 1.30. The summed E-state index contributed by atoms with van der Waals surface area (Å²) in [4.78, 5) is 18.9. The second-order valence-corrected chi connectivity index (χ2v) is 6.27. The zero-order valence-corrected chi connectivity index (χ0v) is 10.9. The summed E-state index contributed by atoms with van der Waals surface area (Å²) in [5, 5.41) is 2.92. The van der Waals surface area contributed by atoms with Gasteiger partial charge >= 0.3 is 0 Å². The van der Waals surface area contributed by atoms with E-state index in [1.165, 1.54) is 12.8 Å². The molecule has 2 bridgehead atoms. The molecule has 2 saturated heterocycles. The molecule has 0 amide bonds. The maximum Gasteiger partial charge on any atom is 0.142 e. The Morgan fingerprint density at radius 2 is 2.18 bits per heavy atom. The number of aromatic nitrogens is 1. The van der Waals surface area contributed by atoms with E-state index in [4.69, 9.17) is 0 Å². The van der Waals surface area contributed by atoms with Crippen LogP contribution in [0.3, 0.4) is 0 Å². The average molecular weight is 250 g/mol. The molecular weight excluding hydrogens is 232 g/mol. The van der Waals surface area contributed by atoms with E-state index in [9.17, 15) is 4.79 Å². The highest BCUT2D eigenvalue weighted by Crippen LogP contribution is 2.38. The van der Waals surface area contributed by atoms with Crippen LogP contribution in [0.4, 0.5) is 0 Å². The van der Waals surface area contributed by atoms with Crippen molar-refractivity contribution in [3.05, 3.63) is 16.6 Å². The van der Waals surface area contributed by atoms with Crippen LogP contribution in [-0.2, 0) is 11.2 Å². The van der Waals surface area contributed by atoms with Crippen LogP contribution in [0, 0.1) is 5.92 Å². The van der Waals surface area contributed by atoms with Gasteiger partial charge in [0.15, 0.2) is 0 Å². The SMILES string of the molecule is CN1C2CCC1CC(C(=O)Cc1nccs1)C2. The minimum absolute atomic E-state index is 0.285. The van der Waals surface area contributed by atoms with Gasteiger partial charge in [0, 0.05) is 29.6 Å². The van der Waals surface area contributed by atoms with Crippen molar-refractivity contribution in [2.75, 3.05) is 7.05 Å². The van der Waals surface area contributed by atoms with Gasteiger partial charge in [-0.1, -0.05) is 0 Å². The Morgan fingerprint density at radius 3 is 2.76 bits per heavy atom. The van der Waals surface area contributed by atoms with Crippen molar-refractivity contribution in [3.8, 4) is 0 Å². The van der Waals surface area contributed by atoms with Crippen LogP contribution in [0.15, 0.2) is 11.6 Å². The van der Waals surface area contributed by atoms with E-state index >= 15 is 0 Å². The van der Waals surface area contributed by atoms with Gasteiger partial charge in [-0.05, 0) is 32.7 Å². The summed E-state index contributed by atoms with van der Waals surface area (Å²) in [6.07, 6.45) is 7.02. The van der Waals surface area contributed by atoms with Crippen LogP contribution in [0.2, 0.25) is 0 Å². The monoisotopic (exact) mass is 250 g/mol. The predicted molar refractivity (Wildman–Crippen MR) is 68.1 cm³/mol. The summed E-state index contributed by atoms with van der Waals surface area (Å²) in [5.41, 5.74) is 0. The molecular formula is C13H18N2OS. The number of fused-ring (bicyclic) bond motifs is 2. The smallest absolute Gasteiger partial charge is 0.142 e. The average Bonchev–Trinajstić information content (AvgIpc) is 2.86. The summed E-state index contributed by atoms with van der Waals surface area (Å²) < 4.78 is 0. The third-order valence-electron chi connectivity index (χ3n) is 4.36. The lowest BCUT2D eigenvalue weighted by atomic mass is 9.86. The first kappa shape index (κ1) is 11.4. The number of carbonyl (C=O) groups is 1. The second-order valence-electron chi connectivity index (χ2n) is 5.29. The second kappa shape index (κ2) is 4.50. The normalized spacial score (nSPS) is 32.9. The van der Waals surface area contributed by atoms with Gasteiger partial charge in [-0.25, -0.2) is 4.98 Å². The molecule has 92 valence electrons. The van der Waals surface area contributed by atoms with Gasteiger partial charge in [-0.3, -0.25) is 4.79 Å². The van der Waals surface area contributed by atoms with E-state index in [2.05, 4.69) is 16.9 Å². The molecule has 4 heteroatoms. The van der Waals surface area contributed by atoms with Crippen LogP contribution >= 0.6 is 11.3 Å². The Morgan fingerprint density at radius 1 is 1.47 bits per heavy atom. The van der Waals surface area contributed by atoms with E-state index in [-0.39, 0.29) is 5.92 Å². The topological polar surface area (TPSA) is 33.2 Å². The van der Waals surface area contributed by atoms with E-state index in [1.807, 2.05) is 5.38 Å². The molecule has 2 unspecified atom stereocenters. The number of ketones is 1. The van der Waals surface area contributed by atoms with E-state index in [0.717, 1.165) is 17.8 Å². The summed E-state index contributed by atoms with van der Waals surface area (Å²) in [7, 11) is 2.21. The Labute approximate surface area is 106 Å². The molecule has 2 aliphatic heterocycles. The molecule has 0 spiro atoms. The quantitative estimate of drug-likeness (QED) is 0.824. The fraction of sp³-hybridized carbons (Fsp3) is 0.692. The fourth-order valence-electron chi connectivity index (χ4n) is 3.31. The van der Waals surface area contributed by atoms with Crippen molar-refractivity contribution in [1.29, 1.82) is 0 Å². The van der Waals surface area contributed by atoms with E-state index in [1.54, 1.807) is 17.5 Å². The summed E-state index contributed by atoms with van der Waals surface area (Å²) in [6.45, 7) is 0. The largest absolute Gasteiger partial charge is 0.300 e. The van der Waals surface area contributed by atoms with E-state index < -0.39 is 0 Å². The van der Waals surface area contributed by atoms with Gasteiger partial charge in [-0.2, -0.15) is 0 Å². The lowest BCUT2D eigenvalue weighted by Gasteiger charge is -2.35. The number of nitrogens with zero attached hydrogens (tertiary/aromatic N) is 2. The van der Waals surface area contributed by atoms with Gasteiger partial charge in [0.05, 0.1) is 11.4 Å². The molecule has 2 atom stereocenters. The third kappa shape index (κ3) is 2.16. The molecule has 3 heterocycles. The Bertz CT molecular complexity index is 390. The highest BCUT2D eigenvalue weighted by molar-refractivity contribution is 7.09. The van der Waals surface area contributed by atoms with Crippen LogP contribution in [0.25, 0.3) is 0 Å². The zero-order chi connectivity index (χ0) is 11.8. The Hall–Kier alpha value is -0.740. The molecule has 0 radical (unpaired) electrons. The summed E-state index contributed by atoms with van der Waals surface area (Å²) >= 11 is 1.59. The van der Waals surface area contributed by atoms with Crippen molar-refractivity contribution in [2.45, 2.75) is 44.2 Å². The van der Waals surface area contributed by atoms with E-state index in [0.29, 0.717) is 24.3 Å². The van der Waals surface area contributed by atoms with Crippen molar-refractivity contribution in [2.24, 2.45) is 5.92 Å². The van der Waals surface area contributed by atoms with Crippen molar-refractivity contribution in [3.63, 3.8) is 0 Å². The lowest BCUT2D eigenvalue weighted by Crippen LogP contribution is -2.42. The highest BCUT2D eigenvalue weighted by atomic mass is 32.1. The lowest BCUT2D eigenvalue weighted by molar-refractivity contribution is -0.124. The predicted octanol–water partition coefficient (Wildman–Crippen LogP) is 2.13. The minimum atomic E-state index is 0.285. The molecule has 17 heavy (non-hydrogen) atoms. The molecule has 0 aliphatic carbocycles. The number of hydrogen-bond acceptors (Lipinski definition) is 4. The highest BCUT2D eigenvalue weighted by Gasteiger charge is 2.40. The Kier molecular flexibility index (Phi) is 3.01. The molecule has 1 aromatic rings. The van der Waals surface area contributed by atoms with Crippen LogP contribution in [0.5, 0.6) is 0 Å². The number of thiazole rings is 1. The maximum absolute atomic E-state index is 12.2. The first-order valence-corrected chi connectivity index (χ1v) is 7.25. The third-order valence-corrected chi connectivity index (χ3v) is 5.14. The molecule has 3 nitrogen and oxygen atoms in total. The fourth-order valence-corrected chi connectivity index (χ4v) is 3.93. The molecule has 2 fully saturated rings. The molecule has 1 aromatic heterocycles. The molecule has 2 aliphatic rings. The number of Topliss-reactive ketones (excluding diaryl/α,β-unsaturated/α-hetero) is 1. The van der Waals surface area contributed by atoms with Crippen LogP contribution in [-0.4, -0.2) is 34.8 Å². The van der Waals surface area contributed by atoms with Crippen molar-refractivity contribution < 1.29 is 4.79 Å². The van der Waals surface area contributed by atoms with Crippen LogP contribution in [0.1, 0.15) is 30.7 Å². The van der Waals surface area contributed by atoms with Crippen LogP contribution < -0.4 is 0 Å². The number of carbonyl (C=O) groups excluding carboxylic acids is 1. The number of piperidine rings is 1. The molecule has 0 N–H and O–H groups in total. The molecule has 0 saturated carbocycles. The Balaban J connectivity index is 1.64. The zero-order valence-electron chi connectivity index (χ0n) is 10.1. The number of rotatable bonds is 3. The minimum Gasteiger partial charge on any atom is -0.300 e. The van der Waals surface area contributed by atoms with Gasteiger partial charge < -0.3 is 4.90 Å². The first-order chi connectivity index (χ1) is 8.24. The van der Waals surface area contributed by atoms with Gasteiger partial charge in [0.2, 0.25) is 0 Å². The van der Waals surface area contributed by atoms with Gasteiger partial charge in [0.1, 0.15) is 5.78 Å². The number of hydrogen-bond donors (Lipinski definition) is 0. The summed E-state index contributed by atoms with van der Waals surface area (Å²) in [5.74, 6) is 0.692.